The molecule has 5 atom stereocenters. The molecule has 1 heterocycles. The number of carboxylic acid groups (broad SMARTS) is 1. The van der Waals surface area contributed by atoms with Crippen LogP contribution in [0.5, 0.6) is 11.5 Å². The van der Waals surface area contributed by atoms with Gasteiger partial charge in [0.25, 0.3) is 0 Å². The lowest BCUT2D eigenvalue weighted by Crippen LogP contribution is -2.60. The van der Waals surface area contributed by atoms with E-state index >= 15 is 0 Å². The Morgan fingerprint density at radius 3 is 2.59 bits per heavy atom. The minimum atomic E-state index is -1.33. The van der Waals surface area contributed by atoms with Crippen molar-refractivity contribution >= 4 is 29.8 Å². The SMILES string of the molecule is COc1ccc2c3c1OC1C(OC(=O)N(C)CCNC(=O)[C@H](CCCNC(=N)N)NC(=O)CC(=O)O)=CC[C@@](O)(C31)[C@@H](N(C)C)C2. The second-order valence-electron chi connectivity index (χ2n) is 11.9. The van der Waals surface area contributed by atoms with Crippen molar-refractivity contribution < 1.29 is 43.6 Å². The van der Waals surface area contributed by atoms with Crippen molar-refractivity contribution in [2.75, 3.05) is 47.9 Å². The largest absolute Gasteiger partial charge is 0.493 e. The van der Waals surface area contributed by atoms with Crippen LogP contribution in [0.15, 0.2) is 24.0 Å². The maximum Gasteiger partial charge on any atom is 0.414 e. The molecule has 0 saturated carbocycles. The van der Waals surface area contributed by atoms with Crippen LogP contribution in [0.1, 0.15) is 42.7 Å². The van der Waals surface area contributed by atoms with Gasteiger partial charge in [-0.15, -0.1) is 0 Å². The second kappa shape index (κ2) is 14.2. The molecule has 0 fully saturated rings. The van der Waals surface area contributed by atoms with Crippen LogP contribution in [0.25, 0.3) is 0 Å². The maximum absolute atomic E-state index is 13.1. The molecular formula is C30H43N7O9. The number of rotatable bonds is 14. The van der Waals surface area contributed by atoms with E-state index in [0.29, 0.717) is 24.3 Å². The molecule has 0 bridgehead atoms. The number of methoxy groups -OCH3 is 1. The number of benzene rings is 1. The molecule has 16 heteroatoms. The molecular weight excluding hydrogens is 602 g/mol. The van der Waals surface area contributed by atoms with Gasteiger partial charge in [0.05, 0.1) is 18.6 Å². The van der Waals surface area contributed by atoms with E-state index in [1.165, 1.54) is 11.9 Å². The average molecular weight is 646 g/mol. The molecule has 1 aromatic rings. The Kier molecular flexibility index (Phi) is 10.6. The van der Waals surface area contributed by atoms with Crippen molar-refractivity contribution in [3.05, 3.63) is 35.1 Å². The van der Waals surface area contributed by atoms with Crippen LogP contribution in [0.2, 0.25) is 0 Å². The van der Waals surface area contributed by atoms with Crippen molar-refractivity contribution in [2.24, 2.45) is 5.73 Å². The lowest BCUT2D eigenvalue weighted by atomic mass is 9.63. The number of likely N-dealkylation sites (N-methyl/N-ethyl adjacent to an activating group) is 2. The molecule has 0 spiro atoms. The monoisotopic (exact) mass is 645 g/mol. The lowest BCUT2D eigenvalue weighted by Gasteiger charge is -2.50. The zero-order chi connectivity index (χ0) is 33.8. The Morgan fingerprint density at radius 2 is 1.93 bits per heavy atom. The van der Waals surface area contributed by atoms with Crippen molar-refractivity contribution in [1.82, 2.24) is 25.8 Å². The van der Waals surface area contributed by atoms with E-state index in [2.05, 4.69) is 16.0 Å². The number of carbonyl (C=O) groups excluding carboxylic acids is 3. The average Bonchev–Trinajstić information content (AvgIpc) is 3.40. The highest BCUT2D eigenvalue weighted by molar-refractivity contribution is 5.96. The highest BCUT2D eigenvalue weighted by Crippen LogP contribution is 2.58. The molecule has 1 aromatic carbocycles. The number of hydrogen-bond acceptors (Lipinski definition) is 10. The number of nitrogens with zero attached hydrogens (tertiary/aromatic N) is 2. The fraction of sp³-hybridized carbons (Fsp3) is 0.567. The Labute approximate surface area is 266 Å². The first-order valence-electron chi connectivity index (χ1n) is 15.0. The zero-order valence-corrected chi connectivity index (χ0v) is 26.4. The van der Waals surface area contributed by atoms with E-state index in [1.54, 1.807) is 13.2 Å². The van der Waals surface area contributed by atoms with E-state index in [9.17, 15) is 24.3 Å². The molecule has 0 saturated heterocycles. The first-order chi connectivity index (χ1) is 21.8. The second-order valence-corrected chi connectivity index (χ2v) is 11.9. The van der Waals surface area contributed by atoms with Gasteiger partial charge in [-0.3, -0.25) is 19.8 Å². The van der Waals surface area contributed by atoms with Crippen molar-refractivity contribution in [2.45, 2.75) is 61.8 Å². The summed E-state index contributed by atoms with van der Waals surface area (Å²) in [6.45, 7) is 0.342. The Balaban J connectivity index is 1.38. The number of carboxylic acids is 1. The molecule has 0 aromatic heterocycles. The lowest BCUT2D eigenvalue weighted by molar-refractivity contribution is -0.141. The van der Waals surface area contributed by atoms with E-state index in [4.69, 9.17) is 30.5 Å². The molecule has 16 nitrogen and oxygen atoms in total. The molecule has 3 aliphatic rings. The molecule has 46 heavy (non-hydrogen) atoms. The Morgan fingerprint density at radius 1 is 1.20 bits per heavy atom. The number of nitrogens with one attached hydrogen (secondary N) is 4. The van der Waals surface area contributed by atoms with Gasteiger partial charge in [0.1, 0.15) is 18.2 Å². The summed E-state index contributed by atoms with van der Waals surface area (Å²) in [5.41, 5.74) is 6.01. The minimum absolute atomic E-state index is 0.0132. The number of nitrogens with two attached hydrogens (primary N) is 1. The van der Waals surface area contributed by atoms with E-state index in [0.717, 1.165) is 11.1 Å². The number of ether oxygens (including phenoxy) is 3. The number of aliphatic hydroxyl groups is 1. The van der Waals surface area contributed by atoms with Gasteiger partial charge in [0.2, 0.25) is 11.8 Å². The molecule has 2 unspecified atom stereocenters. The molecule has 4 rings (SSSR count). The van der Waals surface area contributed by atoms with Crippen molar-refractivity contribution in [3.63, 3.8) is 0 Å². The molecule has 252 valence electrons. The summed E-state index contributed by atoms with van der Waals surface area (Å²) >= 11 is 0. The van der Waals surface area contributed by atoms with Crippen LogP contribution in [0.4, 0.5) is 4.79 Å². The molecule has 3 amide bonds. The summed E-state index contributed by atoms with van der Waals surface area (Å²) in [6, 6.07) is 2.59. The topological polar surface area (TPSA) is 229 Å². The summed E-state index contributed by atoms with van der Waals surface area (Å²) in [5, 5.41) is 35.8. The van der Waals surface area contributed by atoms with Gasteiger partial charge in [-0.05, 0) is 51.1 Å². The normalized spacial score (nSPS) is 22.8. The summed E-state index contributed by atoms with van der Waals surface area (Å²) in [6.07, 6.45) is 0.836. The van der Waals surface area contributed by atoms with Crippen molar-refractivity contribution in [3.8, 4) is 11.5 Å². The number of guanidine groups is 1. The number of amides is 3. The van der Waals surface area contributed by atoms with Crippen LogP contribution in [-0.4, -0.2) is 122 Å². The van der Waals surface area contributed by atoms with E-state index in [1.807, 2.05) is 31.1 Å². The van der Waals surface area contributed by atoms with E-state index in [-0.39, 0.29) is 50.2 Å². The highest BCUT2D eigenvalue weighted by atomic mass is 16.6. The Hall–Kier alpha value is -4.57. The fourth-order valence-corrected chi connectivity index (χ4v) is 6.39. The maximum atomic E-state index is 13.1. The molecule has 0 radical (unpaired) electrons. The van der Waals surface area contributed by atoms with Crippen LogP contribution < -0.4 is 31.2 Å². The standard InChI is InChI=1S/C30H43N7O9/c1-36(2)20-14-16-7-8-18(44-4)25-23(16)24-26(46-25)19(9-10-30(20,24)43)45-29(42)37(3)13-12-33-27(41)17(6-5-11-34-28(31)32)35-21(38)15-22(39)40/h7-9,17,20,24,26,43H,5-6,10-15H2,1-4H3,(H,33,41)(H,35,38)(H,39,40)(H4,31,32,34)/t17-,20-,24?,26?,30-/m0/s1. The predicted octanol–water partition coefficient (Wildman–Crippen LogP) is -0.548. The zero-order valence-electron chi connectivity index (χ0n) is 26.4. The quantitative estimate of drug-likeness (QED) is 0.0585. The van der Waals surface area contributed by atoms with Crippen LogP contribution >= 0.6 is 0 Å². The van der Waals surface area contributed by atoms with Gasteiger partial charge in [-0.2, -0.15) is 0 Å². The summed E-state index contributed by atoms with van der Waals surface area (Å²) in [5.74, 6) is -2.10. The third-order valence-electron chi connectivity index (χ3n) is 8.60. The molecule has 2 aliphatic carbocycles. The van der Waals surface area contributed by atoms with Gasteiger partial charge in [0.15, 0.2) is 23.6 Å². The Bertz CT molecular complexity index is 1400. The first kappa shape index (κ1) is 34.3. The first-order valence-corrected chi connectivity index (χ1v) is 15.0. The van der Waals surface area contributed by atoms with Gasteiger partial charge in [-0.1, -0.05) is 6.07 Å². The summed E-state index contributed by atoms with van der Waals surface area (Å²) in [7, 11) is 6.90. The number of hydrogen-bond donors (Lipinski definition) is 7. The summed E-state index contributed by atoms with van der Waals surface area (Å²) < 4.78 is 17.7. The van der Waals surface area contributed by atoms with Crippen LogP contribution in [-0.2, 0) is 25.5 Å². The smallest absolute Gasteiger partial charge is 0.414 e. The highest BCUT2D eigenvalue weighted by Gasteiger charge is 2.60. The fourth-order valence-electron chi connectivity index (χ4n) is 6.39. The third kappa shape index (κ3) is 7.28. The minimum Gasteiger partial charge on any atom is -0.493 e. The van der Waals surface area contributed by atoms with Gasteiger partial charge in [0, 0.05) is 44.7 Å². The van der Waals surface area contributed by atoms with Gasteiger partial charge in [-0.25, -0.2) is 4.79 Å². The van der Waals surface area contributed by atoms with Crippen LogP contribution in [0.3, 0.4) is 0 Å². The van der Waals surface area contributed by atoms with E-state index < -0.39 is 54.0 Å². The van der Waals surface area contributed by atoms with Gasteiger partial charge >= 0.3 is 12.1 Å². The van der Waals surface area contributed by atoms with Crippen LogP contribution in [0, 0.1) is 5.41 Å². The number of carbonyl (C=O) groups is 4. The van der Waals surface area contributed by atoms with Gasteiger partial charge < -0.3 is 55.9 Å². The molecule has 1 aliphatic heterocycles. The van der Waals surface area contributed by atoms with Crippen molar-refractivity contribution in [1.29, 1.82) is 5.41 Å². The summed E-state index contributed by atoms with van der Waals surface area (Å²) in [4.78, 5) is 52.2. The predicted molar refractivity (Wildman–Crippen MR) is 164 cm³/mol. The third-order valence-corrected chi connectivity index (χ3v) is 8.60. The number of aliphatic carboxylic acids is 1. The molecule has 8 N–H and O–H groups in total.